The van der Waals surface area contributed by atoms with E-state index in [1.807, 2.05) is 6.07 Å². The van der Waals surface area contributed by atoms with E-state index in [0.29, 0.717) is 13.2 Å². The van der Waals surface area contributed by atoms with E-state index in [-0.39, 0.29) is 0 Å². The summed E-state index contributed by atoms with van der Waals surface area (Å²) in [6.07, 6.45) is 0. The number of ether oxygens (including phenoxy) is 2. The Morgan fingerprint density at radius 3 is 2.61 bits per heavy atom. The van der Waals surface area contributed by atoms with Gasteiger partial charge in [-0.3, -0.25) is 4.90 Å². The minimum atomic E-state index is 0.651. The highest BCUT2D eigenvalue weighted by atomic mass is 16.5. The molecule has 0 unspecified atom stereocenters. The molecule has 0 atom stereocenters. The van der Waals surface area contributed by atoms with Gasteiger partial charge in [0.25, 0.3) is 0 Å². The van der Waals surface area contributed by atoms with Crippen LogP contribution in [0.5, 0.6) is 5.75 Å². The molecular formula is C14H24N2O2. The van der Waals surface area contributed by atoms with Gasteiger partial charge in [-0.1, -0.05) is 17.7 Å². The van der Waals surface area contributed by atoms with E-state index in [4.69, 9.17) is 15.2 Å². The Morgan fingerprint density at radius 2 is 2.00 bits per heavy atom. The molecule has 1 aromatic rings. The highest BCUT2D eigenvalue weighted by Gasteiger charge is 2.09. The van der Waals surface area contributed by atoms with Gasteiger partial charge in [0.1, 0.15) is 5.75 Å². The number of aryl methyl sites for hydroxylation is 1. The van der Waals surface area contributed by atoms with Crippen LogP contribution in [0.4, 0.5) is 0 Å². The number of benzene rings is 1. The second-order valence-corrected chi connectivity index (χ2v) is 4.37. The Morgan fingerprint density at radius 1 is 1.22 bits per heavy atom. The summed E-state index contributed by atoms with van der Waals surface area (Å²) in [4.78, 5) is 2.28. The average Bonchev–Trinajstić information content (AvgIpc) is 2.36. The molecule has 4 heteroatoms. The van der Waals surface area contributed by atoms with E-state index >= 15 is 0 Å². The molecule has 18 heavy (non-hydrogen) atoms. The third-order valence-corrected chi connectivity index (χ3v) is 2.89. The van der Waals surface area contributed by atoms with Crippen LogP contribution in [0.25, 0.3) is 0 Å². The van der Waals surface area contributed by atoms with Crippen molar-refractivity contribution in [2.45, 2.75) is 13.5 Å². The summed E-state index contributed by atoms with van der Waals surface area (Å²) < 4.78 is 10.5. The lowest BCUT2D eigenvalue weighted by Gasteiger charge is -2.22. The van der Waals surface area contributed by atoms with Gasteiger partial charge in [0.15, 0.2) is 0 Å². The summed E-state index contributed by atoms with van der Waals surface area (Å²) in [5.74, 6) is 0.931. The molecule has 0 amide bonds. The van der Waals surface area contributed by atoms with Crippen LogP contribution >= 0.6 is 0 Å². The predicted octanol–water partition coefficient (Wildman–Crippen LogP) is 1.41. The summed E-state index contributed by atoms with van der Waals surface area (Å²) in [7, 11) is 3.42. The first-order valence-electron chi connectivity index (χ1n) is 6.26. The summed E-state index contributed by atoms with van der Waals surface area (Å²) in [5, 5.41) is 0. The fourth-order valence-corrected chi connectivity index (χ4v) is 1.94. The number of rotatable bonds is 8. The summed E-state index contributed by atoms with van der Waals surface area (Å²) in [6.45, 7) is 6.04. The molecule has 0 fully saturated rings. The zero-order chi connectivity index (χ0) is 13.4. The van der Waals surface area contributed by atoms with Crippen molar-refractivity contribution in [2.75, 3.05) is 40.5 Å². The van der Waals surface area contributed by atoms with Gasteiger partial charge in [-0.15, -0.1) is 0 Å². The Bertz CT molecular complexity index is 356. The number of methoxy groups -OCH3 is 2. The Labute approximate surface area is 110 Å². The lowest BCUT2D eigenvalue weighted by Crippen LogP contribution is -2.32. The molecule has 0 aromatic heterocycles. The summed E-state index contributed by atoms with van der Waals surface area (Å²) in [5.41, 5.74) is 8.08. The van der Waals surface area contributed by atoms with Crippen LogP contribution in [0.15, 0.2) is 18.2 Å². The third-order valence-electron chi connectivity index (χ3n) is 2.89. The maximum Gasteiger partial charge on any atom is 0.123 e. The summed E-state index contributed by atoms with van der Waals surface area (Å²) >= 11 is 0. The number of hydrogen-bond acceptors (Lipinski definition) is 4. The molecule has 4 nitrogen and oxygen atoms in total. The quantitative estimate of drug-likeness (QED) is 0.760. The van der Waals surface area contributed by atoms with Crippen molar-refractivity contribution in [3.8, 4) is 5.75 Å². The van der Waals surface area contributed by atoms with Crippen molar-refractivity contribution in [1.82, 2.24) is 4.90 Å². The largest absolute Gasteiger partial charge is 0.496 e. The van der Waals surface area contributed by atoms with Crippen molar-refractivity contribution >= 4 is 0 Å². The van der Waals surface area contributed by atoms with Gasteiger partial charge in [0.05, 0.1) is 13.7 Å². The summed E-state index contributed by atoms with van der Waals surface area (Å²) in [6, 6.07) is 6.24. The smallest absolute Gasteiger partial charge is 0.123 e. The van der Waals surface area contributed by atoms with E-state index in [1.54, 1.807) is 14.2 Å². The molecule has 0 aliphatic carbocycles. The lowest BCUT2D eigenvalue weighted by molar-refractivity contribution is 0.145. The highest BCUT2D eigenvalue weighted by molar-refractivity contribution is 5.36. The van der Waals surface area contributed by atoms with E-state index < -0.39 is 0 Å². The van der Waals surface area contributed by atoms with E-state index in [1.165, 1.54) is 11.1 Å². The molecule has 0 heterocycles. The molecule has 0 spiro atoms. The van der Waals surface area contributed by atoms with E-state index in [2.05, 4.69) is 24.0 Å². The minimum absolute atomic E-state index is 0.651. The molecule has 0 radical (unpaired) electrons. The van der Waals surface area contributed by atoms with E-state index in [0.717, 1.165) is 25.4 Å². The Balaban J connectivity index is 2.74. The fourth-order valence-electron chi connectivity index (χ4n) is 1.94. The van der Waals surface area contributed by atoms with Crippen LogP contribution in [-0.2, 0) is 11.3 Å². The zero-order valence-electron chi connectivity index (χ0n) is 11.6. The normalized spacial score (nSPS) is 10.9. The molecule has 0 aliphatic rings. The second-order valence-electron chi connectivity index (χ2n) is 4.37. The topological polar surface area (TPSA) is 47.7 Å². The van der Waals surface area contributed by atoms with Crippen LogP contribution in [0.1, 0.15) is 11.1 Å². The third kappa shape index (κ3) is 4.64. The standard InChI is InChI=1S/C14H24N2O2/c1-12-4-5-14(18-3)13(10-12)11-16(7-6-15)8-9-17-2/h4-5,10H,6-9,11,15H2,1-3H3. The highest BCUT2D eigenvalue weighted by Crippen LogP contribution is 2.21. The first kappa shape index (κ1) is 15.0. The molecule has 0 saturated carbocycles. The monoisotopic (exact) mass is 252 g/mol. The van der Waals surface area contributed by atoms with Gasteiger partial charge >= 0.3 is 0 Å². The van der Waals surface area contributed by atoms with Crippen LogP contribution in [0.3, 0.4) is 0 Å². The Kier molecular flexibility index (Phi) is 6.72. The molecule has 1 aromatic carbocycles. The van der Waals surface area contributed by atoms with Gasteiger partial charge in [0.2, 0.25) is 0 Å². The first-order chi connectivity index (χ1) is 8.71. The van der Waals surface area contributed by atoms with Crippen molar-refractivity contribution in [2.24, 2.45) is 5.73 Å². The van der Waals surface area contributed by atoms with Crippen molar-refractivity contribution in [3.63, 3.8) is 0 Å². The van der Waals surface area contributed by atoms with Crippen LogP contribution < -0.4 is 10.5 Å². The van der Waals surface area contributed by atoms with Crippen molar-refractivity contribution < 1.29 is 9.47 Å². The van der Waals surface area contributed by atoms with Crippen molar-refractivity contribution in [1.29, 1.82) is 0 Å². The Hall–Kier alpha value is -1.10. The molecule has 102 valence electrons. The van der Waals surface area contributed by atoms with Crippen molar-refractivity contribution in [3.05, 3.63) is 29.3 Å². The lowest BCUT2D eigenvalue weighted by atomic mass is 10.1. The molecule has 2 N–H and O–H groups in total. The van der Waals surface area contributed by atoms with Gasteiger partial charge in [-0.2, -0.15) is 0 Å². The van der Waals surface area contributed by atoms with Gasteiger partial charge in [-0.25, -0.2) is 0 Å². The maximum atomic E-state index is 5.64. The molecule has 0 bridgehead atoms. The average molecular weight is 252 g/mol. The van der Waals surface area contributed by atoms with Gasteiger partial charge in [0, 0.05) is 38.9 Å². The number of hydrogen-bond donors (Lipinski definition) is 1. The number of nitrogens with zero attached hydrogens (tertiary/aromatic N) is 1. The van der Waals surface area contributed by atoms with E-state index in [9.17, 15) is 0 Å². The molecule has 0 aliphatic heterocycles. The van der Waals surface area contributed by atoms with Crippen LogP contribution in [0.2, 0.25) is 0 Å². The molecule has 0 saturated heterocycles. The molecule has 1 rings (SSSR count). The predicted molar refractivity (Wildman–Crippen MR) is 73.9 cm³/mol. The van der Waals surface area contributed by atoms with Crippen LogP contribution in [-0.4, -0.2) is 45.4 Å². The first-order valence-corrected chi connectivity index (χ1v) is 6.26. The number of nitrogens with two attached hydrogens (primary N) is 1. The maximum absolute atomic E-state index is 5.64. The second kappa shape index (κ2) is 8.08. The fraction of sp³-hybridized carbons (Fsp3) is 0.571. The van der Waals surface area contributed by atoms with Crippen LogP contribution in [0, 0.1) is 6.92 Å². The SMILES string of the molecule is COCCN(CCN)Cc1cc(C)ccc1OC. The minimum Gasteiger partial charge on any atom is -0.496 e. The van der Waals surface area contributed by atoms with Gasteiger partial charge in [-0.05, 0) is 13.0 Å². The zero-order valence-corrected chi connectivity index (χ0v) is 11.6. The van der Waals surface area contributed by atoms with Gasteiger partial charge < -0.3 is 15.2 Å². The molecular weight excluding hydrogens is 228 g/mol.